The van der Waals surface area contributed by atoms with E-state index in [4.69, 9.17) is 9.47 Å². The Balaban J connectivity index is 1.65. The van der Waals surface area contributed by atoms with Gasteiger partial charge in [-0.1, -0.05) is 50.2 Å². The SMILES string of the molecule is CCOc1ccc2ccccc2c1/C=N/NC(=O)COc1ccc(C(C)C)c(C)c1. The maximum absolute atomic E-state index is 12.2. The quantitative estimate of drug-likeness (QED) is 0.415. The lowest BCUT2D eigenvalue weighted by atomic mass is 9.98. The van der Waals surface area contributed by atoms with Crippen LogP contribution >= 0.6 is 0 Å². The second-order valence-electron chi connectivity index (χ2n) is 7.39. The Labute approximate surface area is 177 Å². The monoisotopic (exact) mass is 404 g/mol. The Morgan fingerprint density at radius 1 is 1.10 bits per heavy atom. The topological polar surface area (TPSA) is 59.9 Å². The summed E-state index contributed by atoms with van der Waals surface area (Å²) in [6.45, 7) is 8.74. The zero-order valence-corrected chi connectivity index (χ0v) is 17.9. The fourth-order valence-electron chi connectivity index (χ4n) is 3.43. The molecule has 0 atom stereocenters. The number of nitrogens with zero attached hydrogens (tertiary/aromatic N) is 1. The molecule has 1 amide bonds. The molecule has 0 saturated carbocycles. The average Bonchev–Trinajstić information content (AvgIpc) is 2.73. The van der Waals surface area contributed by atoms with E-state index < -0.39 is 0 Å². The smallest absolute Gasteiger partial charge is 0.277 e. The van der Waals surface area contributed by atoms with Gasteiger partial charge in [0.2, 0.25) is 0 Å². The molecule has 0 unspecified atom stereocenters. The van der Waals surface area contributed by atoms with E-state index in [0.29, 0.717) is 18.3 Å². The number of carbonyl (C=O) groups excluding carboxylic acids is 1. The van der Waals surface area contributed by atoms with E-state index in [9.17, 15) is 4.79 Å². The summed E-state index contributed by atoms with van der Waals surface area (Å²) in [6.07, 6.45) is 1.62. The van der Waals surface area contributed by atoms with Gasteiger partial charge in [0.15, 0.2) is 6.61 Å². The first kappa shape index (κ1) is 21.4. The van der Waals surface area contributed by atoms with E-state index in [1.807, 2.05) is 68.4 Å². The summed E-state index contributed by atoms with van der Waals surface area (Å²) in [5, 5.41) is 6.21. The van der Waals surface area contributed by atoms with Crippen molar-refractivity contribution in [2.75, 3.05) is 13.2 Å². The van der Waals surface area contributed by atoms with E-state index in [-0.39, 0.29) is 12.5 Å². The number of nitrogens with one attached hydrogen (secondary N) is 1. The van der Waals surface area contributed by atoms with Crippen molar-refractivity contribution >= 4 is 22.9 Å². The molecule has 0 aromatic heterocycles. The predicted octanol–water partition coefficient (Wildman–Crippen LogP) is 5.20. The van der Waals surface area contributed by atoms with Crippen LogP contribution in [0.4, 0.5) is 0 Å². The van der Waals surface area contributed by atoms with Crippen LogP contribution in [-0.2, 0) is 4.79 Å². The molecule has 0 bridgehead atoms. The molecule has 5 nitrogen and oxygen atoms in total. The molecule has 0 aliphatic carbocycles. The Morgan fingerprint density at radius 3 is 2.63 bits per heavy atom. The van der Waals surface area contributed by atoms with Crippen molar-refractivity contribution in [1.29, 1.82) is 0 Å². The third-order valence-corrected chi connectivity index (χ3v) is 4.85. The summed E-state index contributed by atoms with van der Waals surface area (Å²) in [6, 6.07) is 17.8. The van der Waals surface area contributed by atoms with E-state index in [1.165, 1.54) is 5.56 Å². The summed E-state index contributed by atoms with van der Waals surface area (Å²) in [5.41, 5.74) is 5.79. The first-order chi connectivity index (χ1) is 14.5. The molecule has 0 aliphatic heterocycles. The van der Waals surface area contributed by atoms with Gasteiger partial charge in [-0.15, -0.1) is 0 Å². The van der Waals surface area contributed by atoms with Crippen molar-refractivity contribution in [3.63, 3.8) is 0 Å². The van der Waals surface area contributed by atoms with Gasteiger partial charge in [-0.2, -0.15) is 5.10 Å². The largest absolute Gasteiger partial charge is 0.493 e. The fraction of sp³-hybridized carbons (Fsp3) is 0.280. The number of amides is 1. The van der Waals surface area contributed by atoms with Crippen molar-refractivity contribution in [3.05, 3.63) is 71.3 Å². The molecule has 5 heteroatoms. The van der Waals surface area contributed by atoms with Gasteiger partial charge in [0.1, 0.15) is 11.5 Å². The van der Waals surface area contributed by atoms with Crippen molar-refractivity contribution in [2.24, 2.45) is 5.10 Å². The number of hydrogen-bond donors (Lipinski definition) is 1. The Kier molecular flexibility index (Phi) is 7.07. The van der Waals surface area contributed by atoms with Gasteiger partial charge >= 0.3 is 0 Å². The van der Waals surface area contributed by atoms with Crippen LogP contribution in [0.25, 0.3) is 10.8 Å². The maximum Gasteiger partial charge on any atom is 0.277 e. The molecule has 3 aromatic rings. The van der Waals surface area contributed by atoms with E-state index in [0.717, 1.165) is 27.6 Å². The molecule has 0 fully saturated rings. The van der Waals surface area contributed by atoms with Gasteiger partial charge in [0.05, 0.1) is 12.8 Å². The highest BCUT2D eigenvalue weighted by Gasteiger charge is 2.08. The molecule has 0 radical (unpaired) electrons. The van der Waals surface area contributed by atoms with E-state index >= 15 is 0 Å². The highest BCUT2D eigenvalue weighted by molar-refractivity contribution is 6.02. The van der Waals surface area contributed by atoms with Crippen LogP contribution in [-0.4, -0.2) is 25.3 Å². The normalized spacial score (nSPS) is 11.2. The van der Waals surface area contributed by atoms with Crippen LogP contribution < -0.4 is 14.9 Å². The number of aryl methyl sites for hydroxylation is 1. The highest BCUT2D eigenvalue weighted by atomic mass is 16.5. The van der Waals surface area contributed by atoms with Gasteiger partial charge in [-0.25, -0.2) is 5.43 Å². The number of fused-ring (bicyclic) bond motifs is 1. The summed E-state index contributed by atoms with van der Waals surface area (Å²) in [4.78, 5) is 12.2. The first-order valence-electron chi connectivity index (χ1n) is 10.2. The third-order valence-electron chi connectivity index (χ3n) is 4.85. The molecule has 0 heterocycles. The molecule has 3 rings (SSSR count). The third kappa shape index (κ3) is 5.17. The number of ether oxygens (including phenoxy) is 2. The summed E-state index contributed by atoms with van der Waals surface area (Å²) in [7, 11) is 0. The zero-order chi connectivity index (χ0) is 21.5. The van der Waals surface area contributed by atoms with Gasteiger partial charge in [-0.3, -0.25) is 4.79 Å². The van der Waals surface area contributed by atoms with Crippen LogP contribution in [0, 0.1) is 6.92 Å². The molecular formula is C25H28N2O3. The van der Waals surface area contributed by atoms with Crippen LogP contribution in [0.15, 0.2) is 59.7 Å². The van der Waals surface area contributed by atoms with Crippen LogP contribution in [0.5, 0.6) is 11.5 Å². The molecule has 30 heavy (non-hydrogen) atoms. The molecule has 0 aliphatic rings. The Morgan fingerprint density at radius 2 is 1.90 bits per heavy atom. The number of benzene rings is 3. The minimum atomic E-state index is -0.324. The molecule has 156 valence electrons. The Hall–Kier alpha value is -3.34. The number of hydrogen-bond acceptors (Lipinski definition) is 4. The van der Waals surface area contributed by atoms with Gasteiger partial charge in [0, 0.05) is 5.56 Å². The van der Waals surface area contributed by atoms with Crippen molar-refractivity contribution in [2.45, 2.75) is 33.6 Å². The lowest BCUT2D eigenvalue weighted by Gasteiger charge is -2.12. The predicted molar refractivity (Wildman–Crippen MR) is 122 cm³/mol. The number of hydrazone groups is 1. The minimum Gasteiger partial charge on any atom is -0.493 e. The first-order valence-corrected chi connectivity index (χ1v) is 10.2. The number of rotatable bonds is 8. The van der Waals surface area contributed by atoms with Gasteiger partial charge in [0.25, 0.3) is 5.91 Å². The van der Waals surface area contributed by atoms with Crippen LogP contribution in [0.2, 0.25) is 0 Å². The second-order valence-corrected chi connectivity index (χ2v) is 7.39. The molecule has 1 N–H and O–H groups in total. The molecule has 0 spiro atoms. The van der Waals surface area contributed by atoms with Crippen molar-refractivity contribution in [3.8, 4) is 11.5 Å². The molecular weight excluding hydrogens is 376 g/mol. The van der Waals surface area contributed by atoms with Crippen LogP contribution in [0.1, 0.15) is 43.4 Å². The minimum absolute atomic E-state index is 0.105. The van der Waals surface area contributed by atoms with Crippen molar-refractivity contribution < 1.29 is 14.3 Å². The van der Waals surface area contributed by atoms with Crippen molar-refractivity contribution in [1.82, 2.24) is 5.43 Å². The lowest BCUT2D eigenvalue weighted by Crippen LogP contribution is -2.24. The standard InChI is InChI=1S/C25H28N2O3/c1-5-29-24-13-10-19-8-6-7-9-22(19)23(24)15-26-27-25(28)16-30-20-11-12-21(17(2)3)18(4)14-20/h6-15,17H,5,16H2,1-4H3,(H,27,28)/b26-15+. The zero-order valence-electron chi connectivity index (χ0n) is 17.9. The second kappa shape index (κ2) is 9.92. The van der Waals surface area contributed by atoms with Gasteiger partial charge in [-0.05, 0) is 59.9 Å². The van der Waals surface area contributed by atoms with E-state index in [1.54, 1.807) is 6.21 Å². The van der Waals surface area contributed by atoms with E-state index in [2.05, 4.69) is 24.4 Å². The van der Waals surface area contributed by atoms with Crippen LogP contribution in [0.3, 0.4) is 0 Å². The Bertz CT molecular complexity index is 1060. The van der Waals surface area contributed by atoms with Gasteiger partial charge < -0.3 is 9.47 Å². The average molecular weight is 405 g/mol. The summed E-state index contributed by atoms with van der Waals surface area (Å²) in [5.74, 6) is 1.53. The molecule has 3 aromatic carbocycles. The molecule has 0 saturated heterocycles. The maximum atomic E-state index is 12.2. The summed E-state index contributed by atoms with van der Waals surface area (Å²) < 4.78 is 11.3. The summed E-state index contributed by atoms with van der Waals surface area (Å²) >= 11 is 0. The highest BCUT2D eigenvalue weighted by Crippen LogP contribution is 2.27. The fourth-order valence-corrected chi connectivity index (χ4v) is 3.43. The number of carbonyl (C=O) groups is 1. The lowest BCUT2D eigenvalue weighted by molar-refractivity contribution is -0.123.